The molecule has 0 saturated carbocycles. The molecule has 7 nitrogen and oxygen atoms in total. The Balaban J connectivity index is 2.12. The number of unbranched alkanes of at least 4 members (excludes halogenated alkanes) is 1. The van der Waals surface area contributed by atoms with Gasteiger partial charge in [-0.3, -0.25) is 10.0 Å². The molecule has 0 atom stereocenters. The van der Waals surface area contributed by atoms with Crippen LogP contribution in [0.3, 0.4) is 0 Å². The minimum absolute atomic E-state index is 0.0762. The molecule has 2 aromatic carbocycles. The van der Waals surface area contributed by atoms with Crippen LogP contribution >= 0.6 is 0 Å². The fourth-order valence-corrected chi connectivity index (χ4v) is 2.50. The summed E-state index contributed by atoms with van der Waals surface area (Å²) < 4.78 is 5.74. The molecule has 3 amide bonds. The van der Waals surface area contributed by atoms with Crippen molar-refractivity contribution in [1.29, 1.82) is 0 Å². The van der Waals surface area contributed by atoms with Crippen LogP contribution in [0.4, 0.5) is 4.79 Å². The summed E-state index contributed by atoms with van der Waals surface area (Å²) in [5, 5.41) is 12.3. The highest BCUT2D eigenvalue weighted by Crippen LogP contribution is 2.27. The number of nitrogens with zero attached hydrogens (tertiary/aromatic N) is 1. The molecular formula is C20H25N3O4. The number of primary amides is 1. The minimum atomic E-state index is -0.968. The van der Waals surface area contributed by atoms with Crippen molar-refractivity contribution >= 4 is 11.9 Å². The van der Waals surface area contributed by atoms with Gasteiger partial charge in [0.1, 0.15) is 5.75 Å². The van der Waals surface area contributed by atoms with Crippen LogP contribution in [0, 0.1) is 0 Å². The lowest BCUT2D eigenvalue weighted by Gasteiger charge is -2.14. The summed E-state index contributed by atoms with van der Waals surface area (Å²) in [4.78, 5) is 23.3. The number of hydroxylamine groups is 2. The summed E-state index contributed by atoms with van der Waals surface area (Å²) in [7, 11) is 0. The summed E-state index contributed by atoms with van der Waals surface area (Å²) in [5.74, 6) is 0.453. The second-order valence-corrected chi connectivity index (χ2v) is 5.99. The molecule has 2 rings (SSSR count). The van der Waals surface area contributed by atoms with Gasteiger partial charge in [-0.05, 0) is 35.7 Å². The maximum absolute atomic E-state index is 12.5. The van der Waals surface area contributed by atoms with Gasteiger partial charge in [0.15, 0.2) is 0 Å². The van der Waals surface area contributed by atoms with Gasteiger partial charge in [0.2, 0.25) is 0 Å². The van der Waals surface area contributed by atoms with E-state index in [4.69, 9.17) is 10.5 Å². The zero-order valence-corrected chi connectivity index (χ0v) is 15.4. The Labute approximate surface area is 158 Å². The molecule has 0 aliphatic carbocycles. The molecule has 0 spiro atoms. The van der Waals surface area contributed by atoms with Gasteiger partial charge >= 0.3 is 6.03 Å². The Bertz CT molecular complexity index is 779. The van der Waals surface area contributed by atoms with E-state index in [9.17, 15) is 14.8 Å². The van der Waals surface area contributed by atoms with E-state index in [1.54, 1.807) is 12.1 Å². The number of carbonyl (C=O) groups is 2. The molecule has 2 aromatic rings. The van der Waals surface area contributed by atoms with Crippen molar-refractivity contribution in [2.24, 2.45) is 5.73 Å². The van der Waals surface area contributed by atoms with Crippen molar-refractivity contribution in [3.63, 3.8) is 0 Å². The smallest absolute Gasteiger partial charge is 0.338 e. The van der Waals surface area contributed by atoms with Crippen LogP contribution in [0.25, 0.3) is 11.1 Å². The first-order valence-corrected chi connectivity index (χ1v) is 8.89. The topological polar surface area (TPSA) is 105 Å². The van der Waals surface area contributed by atoms with E-state index in [1.807, 2.05) is 36.4 Å². The number of urea groups is 1. The van der Waals surface area contributed by atoms with Crippen LogP contribution in [-0.2, 0) is 0 Å². The Hall–Kier alpha value is -3.06. The first kappa shape index (κ1) is 20.3. The van der Waals surface area contributed by atoms with Crippen molar-refractivity contribution in [1.82, 2.24) is 10.4 Å². The molecule has 0 saturated heterocycles. The average molecular weight is 371 g/mol. The van der Waals surface area contributed by atoms with Gasteiger partial charge in [-0.15, -0.1) is 0 Å². The van der Waals surface area contributed by atoms with E-state index in [-0.39, 0.29) is 19.0 Å². The lowest BCUT2D eigenvalue weighted by atomic mass is 9.99. The SMILES string of the molecule is CCCCOc1cccc(-c2ccccc2C(=O)NCCN(O)C(N)=O)c1. The Kier molecular flexibility index (Phi) is 7.63. The van der Waals surface area contributed by atoms with Gasteiger partial charge in [-0.2, -0.15) is 0 Å². The molecule has 0 unspecified atom stereocenters. The molecule has 0 fully saturated rings. The molecular weight excluding hydrogens is 346 g/mol. The summed E-state index contributed by atoms with van der Waals surface area (Å²) in [6.45, 7) is 2.74. The van der Waals surface area contributed by atoms with E-state index in [1.165, 1.54) is 0 Å². The van der Waals surface area contributed by atoms with Crippen LogP contribution in [-0.4, -0.2) is 41.9 Å². The van der Waals surface area contributed by atoms with E-state index in [2.05, 4.69) is 12.2 Å². The molecule has 0 aromatic heterocycles. The van der Waals surface area contributed by atoms with Gasteiger partial charge in [-0.25, -0.2) is 9.86 Å². The van der Waals surface area contributed by atoms with Crippen molar-refractivity contribution in [3.05, 3.63) is 54.1 Å². The maximum atomic E-state index is 12.5. The number of hydrogen-bond acceptors (Lipinski definition) is 4. The minimum Gasteiger partial charge on any atom is -0.494 e. The monoisotopic (exact) mass is 371 g/mol. The van der Waals surface area contributed by atoms with Crippen LogP contribution in [0.15, 0.2) is 48.5 Å². The molecule has 0 radical (unpaired) electrons. The zero-order chi connectivity index (χ0) is 19.6. The Morgan fingerprint density at radius 1 is 1.19 bits per heavy atom. The quantitative estimate of drug-likeness (QED) is 0.358. The van der Waals surface area contributed by atoms with E-state index >= 15 is 0 Å². The zero-order valence-electron chi connectivity index (χ0n) is 15.4. The Morgan fingerprint density at radius 3 is 2.70 bits per heavy atom. The van der Waals surface area contributed by atoms with Crippen molar-refractivity contribution in [2.45, 2.75) is 19.8 Å². The van der Waals surface area contributed by atoms with Gasteiger partial charge in [-0.1, -0.05) is 43.7 Å². The van der Waals surface area contributed by atoms with Crippen molar-refractivity contribution in [3.8, 4) is 16.9 Å². The third-order valence-corrected chi connectivity index (χ3v) is 3.95. The number of carbonyl (C=O) groups excluding carboxylic acids is 2. The second kappa shape index (κ2) is 10.2. The van der Waals surface area contributed by atoms with Crippen LogP contribution < -0.4 is 15.8 Å². The molecule has 144 valence electrons. The number of ether oxygens (including phenoxy) is 1. The third-order valence-electron chi connectivity index (χ3n) is 3.95. The summed E-state index contributed by atoms with van der Waals surface area (Å²) in [6.07, 6.45) is 2.04. The van der Waals surface area contributed by atoms with Crippen LogP contribution in [0.5, 0.6) is 5.75 Å². The number of nitrogens with one attached hydrogen (secondary N) is 1. The number of benzene rings is 2. The molecule has 0 aliphatic heterocycles. The molecule has 0 bridgehead atoms. The molecule has 7 heteroatoms. The van der Waals surface area contributed by atoms with Gasteiger partial charge in [0.05, 0.1) is 13.2 Å². The largest absolute Gasteiger partial charge is 0.494 e. The van der Waals surface area contributed by atoms with Crippen LogP contribution in [0.1, 0.15) is 30.1 Å². The van der Waals surface area contributed by atoms with E-state index in [0.29, 0.717) is 17.2 Å². The van der Waals surface area contributed by atoms with Crippen molar-refractivity contribution in [2.75, 3.05) is 19.7 Å². The highest BCUT2D eigenvalue weighted by Gasteiger charge is 2.13. The average Bonchev–Trinajstić information content (AvgIpc) is 2.68. The first-order chi connectivity index (χ1) is 13.0. The highest BCUT2D eigenvalue weighted by molar-refractivity contribution is 6.00. The predicted molar refractivity (Wildman–Crippen MR) is 103 cm³/mol. The fraction of sp³-hybridized carbons (Fsp3) is 0.300. The highest BCUT2D eigenvalue weighted by atomic mass is 16.5. The summed E-state index contributed by atoms with van der Waals surface area (Å²) >= 11 is 0. The van der Waals surface area contributed by atoms with E-state index < -0.39 is 6.03 Å². The first-order valence-electron chi connectivity index (χ1n) is 8.89. The maximum Gasteiger partial charge on any atom is 0.338 e. The molecule has 27 heavy (non-hydrogen) atoms. The number of amides is 3. The third kappa shape index (κ3) is 6.00. The Morgan fingerprint density at radius 2 is 1.96 bits per heavy atom. The molecule has 0 heterocycles. The number of rotatable bonds is 9. The summed E-state index contributed by atoms with van der Waals surface area (Å²) in [5.41, 5.74) is 7.07. The van der Waals surface area contributed by atoms with Gasteiger partial charge < -0.3 is 15.8 Å². The standard InChI is InChI=1S/C20H25N3O4/c1-2-3-13-27-16-8-6-7-15(14-16)17-9-4-5-10-18(17)19(24)22-11-12-23(26)20(21)25/h4-10,14,26H,2-3,11-13H2,1H3,(H2,21,25)(H,22,24). The summed E-state index contributed by atoms with van der Waals surface area (Å²) in [6, 6.07) is 13.9. The van der Waals surface area contributed by atoms with Crippen LogP contribution in [0.2, 0.25) is 0 Å². The number of hydrogen-bond donors (Lipinski definition) is 3. The van der Waals surface area contributed by atoms with Gasteiger partial charge in [0, 0.05) is 12.1 Å². The van der Waals surface area contributed by atoms with E-state index in [0.717, 1.165) is 29.7 Å². The fourth-order valence-electron chi connectivity index (χ4n) is 2.50. The predicted octanol–water partition coefficient (Wildman–Crippen LogP) is 3.03. The normalized spacial score (nSPS) is 10.3. The lowest BCUT2D eigenvalue weighted by Crippen LogP contribution is -2.39. The van der Waals surface area contributed by atoms with Gasteiger partial charge in [0.25, 0.3) is 5.91 Å². The molecule has 4 N–H and O–H groups in total. The van der Waals surface area contributed by atoms with Crippen molar-refractivity contribution < 1.29 is 19.5 Å². The number of nitrogens with two attached hydrogens (primary N) is 1. The molecule has 0 aliphatic rings. The second-order valence-electron chi connectivity index (χ2n) is 5.99. The lowest BCUT2D eigenvalue weighted by molar-refractivity contribution is -0.0376.